The highest BCUT2D eigenvalue weighted by atomic mass is 32.1. The number of nitrogens with one attached hydrogen (secondary N) is 1. The van der Waals surface area contributed by atoms with Gasteiger partial charge < -0.3 is 15.8 Å². The molecule has 1 heterocycles. The summed E-state index contributed by atoms with van der Waals surface area (Å²) in [5.41, 5.74) is 5.50. The fourth-order valence-corrected chi connectivity index (χ4v) is 1.93. The van der Waals surface area contributed by atoms with Crippen molar-refractivity contribution in [2.75, 3.05) is 12.4 Å². The molecule has 0 aliphatic carbocycles. The second-order valence-corrected chi connectivity index (χ2v) is 4.87. The fraction of sp³-hybridized carbons (Fsp3) is 0.600. The van der Waals surface area contributed by atoms with Gasteiger partial charge >= 0.3 is 5.97 Å². The molecule has 1 amide bonds. The Labute approximate surface area is 109 Å². The largest absolute Gasteiger partial charge is 0.469 e. The van der Waals surface area contributed by atoms with Crippen LogP contribution in [0.5, 0.6) is 0 Å². The second-order valence-electron chi connectivity index (χ2n) is 3.81. The Bertz CT molecular complexity index is 419. The van der Waals surface area contributed by atoms with Gasteiger partial charge in [0.05, 0.1) is 13.5 Å². The number of methoxy groups -OCH3 is 1. The van der Waals surface area contributed by atoms with Crippen molar-refractivity contribution in [2.45, 2.75) is 32.2 Å². The summed E-state index contributed by atoms with van der Waals surface area (Å²) in [6.45, 7) is 1.75. The van der Waals surface area contributed by atoms with E-state index in [0.717, 1.165) is 0 Å². The number of rotatable bonds is 6. The maximum Gasteiger partial charge on any atom is 0.305 e. The van der Waals surface area contributed by atoms with Gasteiger partial charge in [0, 0.05) is 18.9 Å². The highest BCUT2D eigenvalue weighted by Gasteiger charge is 2.10. The zero-order valence-electron chi connectivity index (χ0n) is 10.3. The van der Waals surface area contributed by atoms with Gasteiger partial charge in [0.25, 0.3) is 0 Å². The Hall–Kier alpha value is -1.54. The number of anilines is 1. The molecular weight excluding hydrogens is 256 g/mol. The predicted molar refractivity (Wildman–Crippen MR) is 67.1 cm³/mol. The summed E-state index contributed by atoms with van der Waals surface area (Å²) >= 11 is 1.24. The molecular formula is C10H16N4O3S. The van der Waals surface area contributed by atoms with Gasteiger partial charge in [0.15, 0.2) is 0 Å². The number of nitrogens with two attached hydrogens (primary N) is 1. The Balaban J connectivity index is 2.43. The van der Waals surface area contributed by atoms with Crippen LogP contribution in [0.25, 0.3) is 0 Å². The fourth-order valence-electron chi connectivity index (χ4n) is 1.18. The zero-order chi connectivity index (χ0) is 13.5. The minimum absolute atomic E-state index is 0.194. The van der Waals surface area contributed by atoms with E-state index < -0.39 is 0 Å². The third-order valence-electron chi connectivity index (χ3n) is 1.99. The van der Waals surface area contributed by atoms with Gasteiger partial charge in [-0.05, 0) is 6.92 Å². The Morgan fingerprint density at radius 2 is 2.22 bits per heavy atom. The molecule has 1 aromatic heterocycles. The Morgan fingerprint density at radius 3 is 2.83 bits per heavy atom. The Morgan fingerprint density at radius 1 is 1.50 bits per heavy atom. The topological polar surface area (TPSA) is 107 Å². The lowest BCUT2D eigenvalue weighted by Gasteiger charge is -2.03. The number of hydrogen-bond acceptors (Lipinski definition) is 7. The van der Waals surface area contributed by atoms with E-state index in [1.54, 1.807) is 6.92 Å². The lowest BCUT2D eigenvalue weighted by molar-refractivity contribution is -0.140. The molecule has 3 N–H and O–H groups in total. The number of nitrogens with zero attached hydrogens (tertiary/aromatic N) is 2. The molecule has 0 saturated carbocycles. The number of hydrogen-bond donors (Lipinski definition) is 2. The van der Waals surface area contributed by atoms with Gasteiger partial charge in [-0.15, -0.1) is 10.2 Å². The number of amides is 1. The van der Waals surface area contributed by atoms with Crippen molar-refractivity contribution in [3.05, 3.63) is 5.01 Å². The molecule has 0 saturated heterocycles. The molecule has 0 aliphatic heterocycles. The van der Waals surface area contributed by atoms with Crippen molar-refractivity contribution in [1.82, 2.24) is 10.2 Å². The maximum atomic E-state index is 11.4. The van der Waals surface area contributed by atoms with Crippen LogP contribution in [0, 0.1) is 0 Å². The van der Waals surface area contributed by atoms with E-state index in [0.29, 0.717) is 16.6 Å². The van der Waals surface area contributed by atoms with E-state index in [1.807, 2.05) is 0 Å². The second kappa shape index (κ2) is 7.02. The van der Waals surface area contributed by atoms with Crippen LogP contribution in [0.1, 0.15) is 24.8 Å². The SMILES string of the molecule is COC(=O)CCc1nnc(NC(=O)CC(C)N)s1. The van der Waals surface area contributed by atoms with Crippen LogP contribution in [0.15, 0.2) is 0 Å². The summed E-state index contributed by atoms with van der Waals surface area (Å²) in [5.74, 6) is -0.492. The molecule has 18 heavy (non-hydrogen) atoms. The normalized spacial score (nSPS) is 11.9. The molecule has 1 rings (SSSR count). The molecule has 0 aromatic carbocycles. The molecule has 1 atom stereocenters. The maximum absolute atomic E-state index is 11.4. The number of aromatic nitrogens is 2. The van der Waals surface area contributed by atoms with E-state index >= 15 is 0 Å². The van der Waals surface area contributed by atoms with Crippen LogP contribution in [0.4, 0.5) is 5.13 Å². The van der Waals surface area contributed by atoms with Gasteiger partial charge in [-0.25, -0.2) is 0 Å². The van der Waals surface area contributed by atoms with Gasteiger partial charge in [-0.1, -0.05) is 11.3 Å². The van der Waals surface area contributed by atoms with E-state index in [4.69, 9.17) is 5.73 Å². The third-order valence-corrected chi connectivity index (χ3v) is 2.89. The number of ether oxygens (including phenoxy) is 1. The quantitative estimate of drug-likeness (QED) is 0.722. The number of carbonyl (C=O) groups excluding carboxylic acids is 2. The monoisotopic (exact) mass is 272 g/mol. The average molecular weight is 272 g/mol. The lowest BCUT2D eigenvalue weighted by Crippen LogP contribution is -2.23. The van der Waals surface area contributed by atoms with Crippen LogP contribution in [-0.2, 0) is 20.7 Å². The van der Waals surface area contributed by atoms with Crippen molar-refractivity contribution in [2.24, 2.45) is 5.73 Å². The van der Waals surface area contributed by atoms with E-state index in [-0.39, 0.29) is 30.8 Å². The van der Waals surface area contributed by atoms with Crippen LogP contribution in [-0.4, -0.2) is 35.2 Å². The average Bonchev–Trinajstić information content (AvgIpc) is 2.72. The van der Waals surface area contributed by atoms with Crippen molar-refractivity contribution in [1.29, 1.82) is 0 Å². The highest BCUT2D eigenvalue weighted by molar-refractivity contribution is 7.15. The van der Waals surface area contributed by atoms with Crippen LogP contribution in [0.2, 0.25) is 0 Å². The lowest BCUT2D eigenvalue weighted by atomic mass is 10.2. The van der Waals surface area contributed by atoms with Crippen molar-refractivity contribution < 1.29 is 14.3 Å². The Kier molecular flexibility index (Phi) is 5.66. The van der Waals surface area contributed by atoms with E-state index in [1.165, 1.54) is 18.4 Å². The molecule has 7 nitrogen and oxygen atoms in total. The first kappa shape index (κ1) is 14.5. The summed E-state index contributed by atoms with van der Waals surface area (Å²) in [4.78, 5) is 22.4. The molecule has 0 radical (unpaired) electrons. The van der Waals surface area contributed by atoms with Crippen molar-refractivity contribution in [3.8, 4) is 0 Å². The summed E-state index contributed by atoms with van der Waals surface area (Å²) < 4.78 is 4.52. The summed E-state index contributed by atoms with van der Waals surface area (Å²) in [7, 11) is 1.34. The standard InChI is InChI=1S/C10H16N4O3S/c1-6(11)5-7(15)12-10-14-13-8(18-10)3-4-9(16)17-2/h6H,3-5,11H2,1-2H3,(H,12,14,15). The van der Waals surface area contributed by atoms with Crippen LogP contribution in [0.3, 0.4) is 0 Å². The highest BCUT2D eigenvalue weighted by Crippen LogP contribution is 2.17. The predicted octanol–water partition coefficient (Wildman–Crippen LogP) is 0.320. The molecule has 0 spiro atoms. The van der Waals surface area contributed by atoms with Crippen molar-refractivity contribution in [3.63, 3.8) is 0 Å². The smallest absolute Gasteiger partial charge is 0.305 e. The number of esters is 1. The van der Waals surface area contributed by atoms with Gasteiger partial charge in [-0.3, -0.25) is 9.59 Å². The molecule has 100 valence electrons. The first-order chi connectivity index (χ1) is 8.51. The minimum atomic E-state index is -0.298. The third kappa shape index (κ3) is 5.19. The number of carbonyl (C=O) groups is 2. The van der Waals surface area contributed by atoms with Gasteiger partial charge in [-0.2, -0.15) is 0 Å². The van der Waals surface area contributed by atoms with Crippen LogP contribution < -0.4 is 11.1 Å². The first-order valence-corrected chi connectivity index (χ1v) is 6.27. The molecule has 0 fully saturated rings. The minimum Gasteiger partial charge on any atom is -0.469 e. The van der Waals surface area contributed by atoms with Gasteiger partial charge in [0.2, 0.25) is 11.0 Å². The molecule has 1 aromatic rings. The molecule has 8 heteroatoms. The number of aryl methyl sites for hydroxylation is 1. The molecule has 0 aliphatic rings. The zero-order valence-corrected chi connectivity index (χ0v) is 11.1. The molecule has 1 unspecified atom stereocenters. The summed E-state index contributed by atoms with van der Waals surface area (Å²) in [6.07, 6.45) is 0.934. The summed E-state index contributed by atoms with van der Waals surface area (Å²) in [6, 6.07) is -0.197. The van der Waals surface area contributed by atoms with Crippen molar-refractivity contribution >= 4 is 28.3 Å². The van der Waals surface area contributed by atoms with Gasteiger partial charge in [0.1, 0.15) is 5.01 Å². The van der Waals surface area contributed by atoms with E-state index in [9.17, 15) is 9.59 Å². The summed E-state index contributed by atoms with van der Waals surface area (Å²) in [5, 5.41) is 11.4. The van der Waals surface area contributed by atoms with E-state index in [2.05, 4.69) is 20.3 Å². The first-order valence-electron chi connectivity index (χ1n) is 5.46. The van der Waals surface area contributed by atoms with Crippen LogP contribution >= 0.6 is 11.3 Å². The molecule has 0 bridgehead atoms.